The second-order valence-corrected chi connectivity index (χ2v) is 4.98. The van der Waals surface area contributed by atoms with Crippen LogP contribution in [-0.4, -0.2) is 12.2 Å². The smallest absolute Gasteiger partial charge is 0.142 e. The molecule has 1 atom stereocenters. The van der Waals surface area contributed by atoms with E-state index in [4.69, 9.17) is 16.3 Å². The van der Waals surface area contributed by atoms with E-state index in [0.717, 1.165) is 11.3 Å². The molecular weight excluding hydrogens is 279 g/mol. The Morgan fingerprint density at radius 3 is 2.50 bits per heavy atom. The third kappa shape index (κ3) is 3.71. The van der Waals surface area contributed by atoms with Crippen LogP contribution in [0.15, 0.2) is 42.5 Å². The summed E-state index contributed by atoms with van der Waals surface area (Å²) in [5.74, 6) is 0.293. The van der Waals surface area contributed by atoms with Gasteiger partial charge in [0.25, 0.3) is 0 Å². The van der Waals surface area contributed by atoms with Crippen molar-refractivity contribution in [3.05, 3.63) is 64.4 Å². The molecule has 0 heterocycles. The lowest BCUT2D eigenvalue weighted by Crippen LogP contribution is -2.00. The summed E-state index contributed by atoms with van der Waals surface area (Å²) in [7, 11) is 1.62. The first kappa shape index (κ1) is 14.8. The summed E-state index contributed by atoms with van der Waals surface area (Å²) in [4.78, 5) is 0. The monoisotopic (exact) mass is 294 g/mol. The maximum atomic E-state index is 13.3. The first-order chi connectivity index (χ1) is 9.60. The van der Waals surface area contributed by atoms with Gasteiger partial charge in [-0.1, -0.05) is 29.8 Å². The minimum Gasteiger partial charge on any atom is -0.497 e. The molecule has 4 heteroatoms. The molecule has 0 saturated carbocycles. The van der Waals surface area contributed by atoms with E-state index in [1.165, 1.54) is 12.1 Å². The minimum atomic E-state index is -0.705. The molecule has 2 aromatic rings. The molecule has 2 rings (SSSR count). The number of rotatable bonds is 5. The molecule has 0 aromatic heterocycles. The summed E-state index contributed by atoms with van der Waals surface area (Å²) in [6, 6.07) is 12.0. The van der Waals surface area contributed by atoms with Gasteiger partial charge in [-0.3, -0.25) is 0 Å². The highest BCUT2D eigenvalue weighted by atomic mass is 35.5. The quantitative estimate of drug-likeness (QED) is 0.897. The van der Waals surface area contributed by atoms with Crippen molar-refractivity contribution < 1.29 is 14.2 Å². The van der Waals surface area contributed by atoms with E-state index in [-0.39, 0.29) is 5.02 Å². The first-order valence-corrected chi connectivity index (χ1v) is 6.74. The van der Waals surface area contributed by atoms with Gasteiger partial charge in [-0.2, -0.15) is 0 Å². The molecule has 20 heavy (non-hydrogen) atoms. The Labute approximate surface area is 122 Å². The molecule has 0 aliphatic carbocycles. The van der Waals surface area contributed by atoms with Gasteiger partial charge in [-0.25, -0.2) is 4.39 Å². The van der Waals surface area contributed by atoms with E-state index in [1.54, 1.807) is 13.2 Å². The minimum absolute atomic E-state index is 0.0658. The summed E-state index contributed by atoms with van der Waals surface area (Å²) >= 11 is 5.62. The molecule has 1 unspecified atom stereocenters. The molecular formula is C16H16ClFO2. The van der Waals surface area contributed by atoms with E-state index in [9.17, 15) is 9.50 Å². The van der Waals surface area contributed by atoms with Crippen LogP contribution in [-0.2, 0) is 6.42 Å². The van der Waals surface area contributed by atoms with Gasteiger partial charge in [0.15, 0.2) is 0 Å². The molecule has 0 spiro atoms. The highest BCUT2D eigenvalue weighted by molar-refractivity contribution is 6.30. The summed E-state index contributed by atoms with van der Waals surface area (Å²) in [6.07, 6.45) is 0.520. The zero-order valence-corrected chi connectivity index (χ0v) is 11.9. The van der Waals surface area contributed by atoms with Gasteiger partial charge in [-0.05, 0) is 48.2 Å². The van der Waals surface area contributed by atoms with E-state index >= 15 is 0 Å². The van der Waals surface area contributed by atoms with Crippen LogP contribution in [0.1, 0.15) is 23.7 Å². The molecule has 0 radical (unpaired) electrons. The number of halogens is 2. The number of aliphatic hydroxyl groups is 1. The lowest BCUT2D eigenvalue weighted by atomic mass is 10.0. The fourth-order valence-corrected chi connectivity index (χ4v) is 2.10. The molecule has 2 aromatic carbocycles. The van der Waals surface area contributed by atoms with Crippen LogP contribution in [0.3, 0.4) is 0 Å². The van der Waals surface area contributed by atoms with E-state index in [2.05, 4.69) is 0 Å². The molecule has 2 nitrogen and oxygen atoms in total. The average Bonchev–Trinajstić information content (AvgIpc) is 2.48. The van der Waals surface area contributed by atoms with Crippen LogP contribution in [0.5, 0.6) is 5.75 Å². The first-order valence-electron chi connectivity index (χ1n) is 6.36. The number of aliphatic hydroxyl groups excluding tert-OH is 1. The van der Waals surface area contributed by atoms with Gasteiger partial charge in [0.1, 0.15) is 11.6 Å². The van der Waals surface area contributed by atoms with Gasteiger partial charge in [0.05, 0.1) is 18.2 Å². The predicted molar refractivity (Wildman–Crippen MR) is 77.7 cm³/mol. The van der Waals surface area contributed by atoms with Crippen molar-refractivity contribution in [1.82, 2.24) is 0 Å². The Kier molecular flexibility index (Phi) is 4.99. The third-order valence-electron chi connectivity index (χ3n) is 3.19. The number of hydrogen-bond donors (Lipinski definition) is 1. The number of ether oxygens (including phenoxy) is 1. The lowest BCUT2D eigenvalue weighted by Gasteiger charge is -2.11. The average molecular weight is 295 g/mol. The Morgan fingerprint density at radius 1 is 1.20 bits per heavy atom. The van der Waals surface area contributed by atoms with Crippen LogP contribution in [0.2, 0.25) is 5.02 Å². The van der Waals surface area contributed by atoms with Gasteiger partial charge in [-0.15, -0.1) is 0 Å². The molecule has 0 fully saturated rings. The maximum Gasteiger partial charge on any atom is 0.142 e. The van der Waals surface area contributed by atoms with Crippen LogP contribution in [0.25, 0.3) is 0 Å². The lowest BCUT2D eigenvalue weighted by molar-refractivity contribution is 0.167. The van der Waals surface area contributed by atoms with Gasteiger partial charge >= 0.3 is 0 Å². The van der Waals surface area contributed by atoms with Crippen LogP contribution in [0.4, 0.5) is 4.39 Å². The maximum absolute atomic E-state index is 13.3. The van der Waals surface area contributed by atoms with Crippen molar-refractivity contribution in [3.8, 4) is 5.75 Å². The fraction of sp³-hybridized carbons (Fsp3) is 0.250. The van der Waals surface area contributed by atoms with Crippen LogP contribution in [0, 0.1) is 5.82 Å². The fourth-order valence-electron chi connectivity index (χ4n) is 1.98. The molecule has 0 aliphatic heterocycles. The van der Waals surface area contributed by atoms with Crippen LogP contribution < -0.4 is 4.74 Å². The SMILES string of the molecule is COc1ccc(CCC(O)c2ccc(Cl)c(F)c2)cc1. The number of hydrogen-bond acceptors (Lipinski definition) is 2. The van der Waals surface area contributed by atoms with Crippen molar-refractivity contribution in [3.63, 3.8) is 0 Å². The summed E-state index contributed by atoms with van der Waals surface area (Å²) in [5, 5.41) is 10.1. The molecule has 106 valence electrons. The summed E-state index contributed by atoms with van der Waals surface area (Å²) in [6.45, 7) is 0. The highest BCUT2D eigenvalue weighted by Crippen LogP contribution is 2.24. The number of benzene rings is 2. The Hall–Kier alpha value is -1.58. The molecule has 1 N–H and O–H groups in total. The third-order valence-corrected chi connectivity index (χ3v) is 3.50. The Bertz CT molecular complexity index is 569. The van der Waals surface area contributed by atoms with Gasteiger partial charge in [0, 0.05) is 0 Å². The second kappa shape index (κ2) is 6.73. The van der Waals surface area contributed by atoms with Crippen molar-refractivity contribution in [2.45, 2.75) is 18.9 Å². The van der Waals surface area contributed by atoms with Crippen molar-refractivity contribution >= 4 is 11.6 Å². The number of methoxy groups -OCH3 is 1. The van der Waals surface area contributed by atoms with E-state index < -0.39 is 11.9 Å². The topological polar surface area (TPSA) is 29.5 Å². The summed E-state index contributed by atoms with van der Waals surface area (Å²) < 4.78 is 18.4. The van der Waals surface area contributed by atoms with E-state index in [1.807, 2.05) is 24.3 Å². The van der Waals surface area contributed by atoms with Gasteiger partial charge < -0.3 is 9.84 Å². The predicted octanol–water partition coefficient (Wildman–Crippen LogP) is 4.15. The van der Waals surface area contributed by atoms with Crippen molar-refractivity contribution in [2.75, 3.05) is 7.11 Å². The molecule has 0 saturated heterocycles. The second-order valence-electron chi connectivity index (χ2n) is 4.58. The standard InChI is InChI=1S/C16H16ClFO2/c1-20-13-6-2-11(3-7-13)4-9-16(19)12-5-8-14(17)15(18)10-12/h2-3,5-8,10,16,19H,4,9H2,1H3. The number of aryl methyl sites for hydroxylation is 1. The molecule has 0 bridgehead atoms. The Balaban J connectivity index is 1.96. The van der Waals surface area contributed by atoms with Crippen molar-refractivity contribution in [2.24, 2.45) is 0 Å². The summed E-state index contributed by atoms with van der Waals surface area (Å²) in [5.41, 5.74) is 1.64. The normalized spacial score (nSPS) is 12.2. The highest BCUT2D eigenvalue weighted by Gasteiger charge is 2.10. The van der Waals surface area contributed by atoms with Gasteiger partial charge in [0.2, 0.25) is 0 Å². The zero-order chi connectivity index (χ0) is 14.5. The van der Waals surface area contributed by atoms with E-state index in [0.29, 0.717) is 18.4 Å². The van der Waals surface area contributed by atoms with Crippen molar-refractivity contribution in [1.29, 1.82) is 0 Å². The zero-order valence-electron chi connectivity index (χ0n) is 11.1. The largest absolute Gasteiger partial charge is 0.497 e. The molecule has 0 aliphatic rings. The van der Waals surface area contributed by atoms with Crippen LogP contribution >= 0.6 is 11.6 Å². The molecule has 0 amide bonds. The Morgan fingerprint density at radius 2 is 1.90 bits per heavy atom.